The van der Waals surface area contributed by atoms with E-state index >= 15 is 0 Å². The molecule has 0 fully saturated rings. The van der Waals surface area contributed by atoms with Gasteiger partial charge in [-0.3, -0.25) is 4.79 Å². The van der Waals surface area contributed by atoms with Crippen molar-refractivity contribution >= 4 is 22.9 Å². The summed E-state index contributed by atoms with van der Waals surface area (Å²) in [6.45, 7) is 0.647. The summed E-state index contributed by atoms with van der Waals surface area (Å²) < 4.78 is 26.5. The molecule has 0 atom stereocenters. The second kappa shape index (κ2) is 8.47. The molecule has 4 rings (SSSR count). The van der Waals surface area contributed by atoms with Crippen LogP contribution in [0.3, 0.4) is 0 Å². The highest BCUT2D eigenvalue weighted by Crippen LogP contribution is 2.35. The zero-order valence-electron chi connectivity index (χ0n) is 16.7. The van der Waals surface area contributed by atoms with Crippen molar-refractivity contribution in [3.8, 4) is 23.8 Å². The second-order valence-electron chi connectivity index (χ2n) is 7.19. The molecule has 0 saturated heterocycles. The number of unbranched alkanes of at least 4 members (excludes halogenated alkanes) is 2. The Morgan fingerprint density at radius 2 is 1.97 bits per heavy atom. The Balaban J connectivity index is 1.68. The Kier molecular flexibility index (Phi) is 5.58. The number of terminal acetylenes is 1. The van der Waals surface area contributed by atoms with Gasteiger partial charge in [-0.15, -0.1) is 6.42 Å². The van der Waals surface area contributed by atoms with Crippen LogP contribution in [0.25, 0.3) is 11.2 Å². The highest BCUT2D eigenvalue weighted by atomic mass is 19.1. The largest absolute Gasteiger partial charge is 0.454 e. The average Bonchev–Trinajstić information content (AvgIpc) is 3.31. The van der Waals surface area contributed by atoms with Crippen molar-refractivity contribution in [3.05, 3.63) is 35.2 Å². The lowest BCUT2D eigenvalue weighted by atomic mass is 10.0. The first-order chi connectivity index (χ1) is 15.0. The Morgan fingerprint density at radius 3 is 2.71 bits per heavy atom. The SMILES string of the molecule is C#Cc1cc2c(cc1Cc1nc3c(N)nc(F)nc3n1CCCCCC(N)=O)OCO2. The second-order valence-corrected chi connectivity index (χ2v) is 7.19. The Labute approximate surface area is 177 Å². The smallest absolute Gasteiger partial charge is 0.312 e. The maximum Gasteiger partial charge on any atom is 0.312 e. The van der Waals surface area contributed by atoms with E-state index in [-0.39, 0.29) is 18.5 Å². The monoisotopic (exact) mass is 424 g/mol. The number of benzene rings is 1. The van der Waals surface area contributed by atoms with Crippen molar-refractivity contribution in [2.24, 2.45) is 5.73 Å². The number of ether oxygens (including phenoxy) is 2. The normalized spacial score (nSPS) is 12.3. The molecule has 0 bridgehead atoms. The summed E-state index contributed by atoms with van der Waals surface area (Å²) in [6, 6.07) is 3.58. The third kappa shape index (κ3) is 4.21. The molecule has 1 amide bonds. The molecule has 1 aliphatic rings. The third-order valence-corrected chi connectivity index (χ3v) is 5.08. The number of hydrogen-bond acceptors (Lipinski definition) is 7. The van der Waals surface area contributed by atoms with Gasteiger partial charge in [0.2, 0.25) is 12.7 Å². The first-order valence-electron chi connectivity index (χ1n) is 9.82. The van der Waals surface area contributed by atoms with Crippen molar-refractivity contribution in [2.75, 3.05) is 12.5 Å². The van der Waals surface area contributed by atoms with Crippen LogP contribution in [0.5, 0.6) is 11.5 Å². The van der Waals surface area contributed by atoms with Crippen LogP contribution in [-0.4, -0.2) is 32.2 Å². The number of hydrogen-bond donors (Lipinski definition) is 2. The molecule has 0 spiro atoms. The molecule has 0 radical (unpaired) electrons. The van der Waals surface area contributed by atoms with Gasteiger partial charge in [-0.05, 0) is 24.5 Å². The molecule has 3 heterocycles. The summed E-state index contributed by atoms with van der Waals surface area (Å²) >= 11 is 0. The van der Waals surface area contributed by atoms with Crippen LogP contribution in [0.15, 0.2) is 12.1 Å². The highest BCUT2D eigenvalue weighted by Gasteiger charge is 2.21. The number of anilines is 1. The zero-order valence-corrected chi connectivity index (χ0v) is 16.7. The van der Waals surface area contributed by atoms with Crippen LogP contribution in [-0.2, 0) is 17.8 Å². The number of primary amides is 1. The number of rotatable bonds is 8. The van der Waals surface area contributed by atoms with Gasteiger partial charge in [0.1, 0.15) is 5.82 Å². The fourth-order valence-electron chi connectivity index (χ4n) is 3.59. The third-order valence-electron chi connectivity index (χ3n) is 5.08. The van der Waals surface area contributed by atoms with Gasteiger partial charge >= 0.3 is 6.08 Å². The van der Waals surface area contributed by atoms with E-state index in [1.165, 1.54) is 0 Å². The lowest BCUT2D eigenvalue weighted by Crippen LogP contribution is -2.10. The van der Waals surface area contributed by atoms with Crippen LogP contribution in [0.4, 0.5) is 10.2 Å². The first-order valence-corrected chi connectivity index (χ1v) is 9.82. The number of halogens is 1. The minimum absolute atomic E-state index is 0.0286. The van der Waals surface area contributed by atoms with Crippen molar-refractivity contribution < 1.29 is 18.7 Å². The molecule has 1 aliphatic heterocycles. The van der Waals surface area contributed by atoms with Gasteiger partial charge in [0, 0.05) is 31.0 Å². The molecule has 160 valence electrons. The summed E-state index contributed by atoms with van der Waals surface area (Å²) in [5.74, 6) is 4.12. The molecular weight excluding hydrogens is 403 g/mol. The van der Waals surface area contributed by atoms with E-state index < -0.39 is 6.08 Å². The molecule has 0 unspecified atom stereocenters. The van der Waals surface area contributed by atoms with Crippen molar-refractivity contribution in [3.63, 3.8) is 0 Å². The molecule has 0 saturated carbocycles. The Hall–Kier alpha value is -3.87. The fraction of sp³-hybridized carbons (Fsp3) is 0.333. The summed E-state index contributed by atoms with van der Waals surface area (Å²) in [4.78, 5) is 23.0. The number of aryl methyl sites for hydroxylation is 1. The summed E-state index contributed by atoms with van der Waals surface area (Å²) in [5.41, 5.74) is 13.2. The van der Waals surface area contributed by atoms with Crippen molar-refractivity contribution in [2.45, 2.75) is 38.6 Å². The number of carbonyl (C=O) groups excluding carboxylic acids is 1. The Bertz CT molecular complexity index is 1200. The summed E-state index contributed by atoms with van der Waals surface area (Å²) in [7, 11) is 0. The molecule has 4 N–H and O–H groups in total. The van der Waals surface area contributed by atoms with Gasteiger partial charge < -0.3 is 25.5 Å². The maximum absolute atomic E-state index is 13.9. The molecular formula is C21H21FN6O3. The zero-order chi connectivity index (χ0) is 22.0. The summed E-state index contributed by atoms with van der Waals surface area (Å²) in [5, 5.41) is 0. The lowest BCUT2D eigenvalue weighted by molar-refractivity contribution is -0.118. The molecule has 3 aromatic rings. The van der Waals surface area contributed by atoms with Crippen LogP contribution < -0.4 is 20.9 Å². The standard InChI is InChI=1S/C21H21FN6O3/c1-2-12-8-14-15(31-11-30-14)9-13(12)10-17-25-18-19(24)26-21(22)27-20(18)28(17)7-5-3-4-6-16(23)29/h1,8-9H,3-7,10-11H2,(H2,23,29)(H2,24,26,27). The van der Waals surface area contributed by atoms with Crippen LogP contribution in [0.2, 0.25) is 0 Å². The van der Waals surface area contributed by atoms with Gasteiger partial charge in [-0.1, -0.05) is 12.3 Å². The molecule has 1 aromatic carbocycles. The van der Waals surface area contributed by atoms with E-state index in [1.54, 1.807) is 6.07 Å². The molecule has 31 heavy (non-hydrogen) atoms. The van der Waals surface area contributed by atoms with E-state index in [1.807, 2.05) is 10.6 Å². The lowest BCUT2D eigenvalue weighted by Gasteiger charge is -2.11. The number of fused-ring (bicyclic) bond motifs is 2. The maximum atomic E-state index is 13.9. The number of nitrogen functional groups attached to an aromatic ring is 1. The van der Waals surface area contributed by atoms with Crippen molar-refractivity contribution in [1.82, 2.24) is 19.5 Å². The van der Waals surface area contributed by atoms with Crippen LogP contribution in [0.1, 0.15) is 42.6 Å². The van der Waals surface area contributed by atoms with Gasteiger partial charge in [-0.2, -0.15) is 14.4 Å². The van der Waals surface area contributed by atoms with E-state index in [0.717, 1.165) is 18.4 Å². The van der Waals surface area contributed by atoms with E-state index in [9.17, 15) is 9.18 Å². The van der Waals surface area contributed by atoms with Gasteiger partial charge in [-0.25, -0.2) is 4.98 Å². The number of carbonyl (C=O) groups is 1. The van der Waals surface area contributed by atoms with E-state index in [0.29, 0.717) is 59.9 Å². The van der Waals surface area contributed by atoms with Gasteiger partial charge in [0.15, 0.2) is 28.5 Å². The molecule has 10 heteroatoms. The van der Waals surface area contributed by atoms with Gasteiger partial charge in [0.25, 0.3) is 0 Å². The first kappa shape index (κ1) is 20.4. The number of amides is 1. The van der Waals surface area contributed by atoms with E-state index in [2.05, 4.69) is 20.9 Å². The predicted octanol–water partition coefficient (Wildman–Crippen LogP) is 1.89. The van der Waals surface area contributed by atoms with Crippen LogP contribution in [0, 0.1) is 18.4 Å². The molecule has 0 aliphatic carbocycles. The summed E-state index contributed by atoms with van der Waals surface area (Å²) in [6.07, 6.45) is 7.62. The molecule has 2 aromatic heterocycles. The predicted molar refractivity (Wildman–Crippen MR) is 111 cm³/mol. The number of imidazole rings is 1. The van der Waals surface area contributed by atoms with E-state index in [4.69, 9.17) is 27.4 Å². The quantitative estimate of drug-likeness (QED) is 0.321. The fourth-order valence-corrected chi connectivity index (χ4v) is 3.59. The topological polar surface area (TPSA) is 131 Å². The number of nitrogens with zero attached hydrogens (tertiary/aromatic N) is 4. The van der Waals surface area contributed by atoms with Gasteiger partial charge in [0.05, 0.1) is 0 Å². The van der Waals surface area contributed by atoms with Crippen molar-refractivity contribution in [1.29, 1.82) is 0 Å². The Morgan fingerprint density at radius 1 is 1.19 bits per heavy atom. The highest BCUT2D eigenvalue weighted by molar-refractivity contribution is 5.82. The number of aromatic nitrogens is 4. The minimum atomic E-state index is -0.918. The van der Waals surface area contributed by atoms with Crippen LogP contribution >= 0.6 is 0 Å². The average molecular weight is 424 g/mol. The minimum Gasteiger partial charge on any atom is -0.454 e. The molecule has 9 nitrogen and oxygen atoms in total. The number of nitrogens with two attached hydrogens (primary N) is 2.